The smallest absolute Gasteiger partial charge is 0.412 e. The summed E-state index contributed by atoms with van der Waals surface area (Å²) in [5, 5.41) is 14.6. The SMILES string of the molecule is Cn1cc(-c2ccc(NC(=O)c3cc(NC(=O)OC(C)(C)C)cn3C)cc2)cc1C(=O)O. The van der Waals surface area contributed by atoms with Crippen molar-refractivity contribution in [2.45, 2.75) is 26.4 Å². The molecular formula is C23H26N4O5. The van der Waals surface area contributed by atoms with E-state index in [-0.39, 0.29) is 11.6 Å². The highest BCUT2D eigenvalue weighted by Crippen LogP contribution is 2.24. The van der Waals surface area contributed by atoms with Crippen LogP contribution in [0, 0.1) is 0 Å². The van der Waals surface area contributed by atoms with E-state index in [0.717, 1.165) is 11.1 Å². The van der Waals surface area contributed by atoms with Gasteiger partial charge in [0.25, 0.3) is 5.91 Å². The van der Waals surface area contributed by atoms with Crippen molar-refractivity contribution in [2.75, 3.05) is 10.6 Å². The molecule has 1 aromatic carbocycles. The maximum atomic E-state index is 12.7. The standard InChI is InChI=1S/C23H26N4O5/c1-23(2,3)32-22(31)25-17-11-18(27(5)13-17)20(28)24-16-8-6-14(7-9-16)15-10-19(21(29)30)26(4)12-15/h6-13H,1-5H3,(H,24,28)(H,25,31)(H,29,30). The summed E-state index contributed by atoms with van der Waals surface area (Å²) in [7, 11) is 3.38. The number of aromatic carboxylic acids is 1. The minimum absolute atomic E-state index is 0.192. The molecule has 3 aromatic rings. The molecule has 0 bridgehead atoms. The molecule has 0 aliphatic heterocycles. The number of hydrogen-bond acceptors (Lipinski definition) is 4. The van der Waals surface area contributed by atoms with Crippen molar-refractivity contribution in [3.63, 3.8) is 0 Å². The minimum Gasteiger partial charge on any atom is -0.477 e. The Kier molecular flexibility index (Phi) is 6.11. The summed E-state index contributed by atoms with van der Waals surface area (Å²) in [6, 6.07) is 10.2. The fourth-order valence-electron chi connectivity index (χ4n) is 3.16. The Morgan fingerprint density at radius 1 is 0.844 bits per heavy atom. The number of ether oxygens (including phenoxy) is 1. The van der Waals surface area contributed by atoms with Crippen LogP contribution < -0.4 is 10.6 Å². The highest BCUT2D eigenvalue weighted by Gasteiger charge is 2.18. The fourth-order valence-corrected chi connectivity index (χ4v) is 3.16. The van der Waals surface area contributed by atoms with E-state index in [1.54, 1.807) is 92.8 Å². The lowest BCUT2D eigenvalue weighted by molar-refractivity contribution is 0.0633. The van der Waals surface area contributed by atoms with Crippen LogP contribution in [0.1, 0.15) is 41.7 Å². The fraction of sp³-hybridized carbons (Fsp3) is 0.261. The largest absolute Gasteiger partial charge is 0.477 e. The van der Waals surface area contributed by atoms with Crippen LogP contribution >= 0.6 is 0 Å². The van der Waals surface area contributed by atoms with E-state index in [9.17, 15) is 19.5 Å². The molecule has 32 heavy (non-hydrogen) atoms. The molecule has 0 radical (unpaired) electrons. The molecule has 0 saturated carbocycles. The number of carboxylic acid groups (broad SMARTS) is 1. The molecule has 0 saturated heterocycles. The lowest BCUT2D eigenvalue weighted by atomic mass is 10.1. The molecule has 0 atom stereocenters. The first-order chi connectivity index (χ1) is 14.9. The van der Waals surface area contributed by atoms with Crippen molar-refractivity contribution >= 4 is 29.3 Å². The average molecular weight is 438 g/mol. The molecular weight excluding hydrogens is 412 g/mol. The van der Waals surface area contributed by atoms with E-state index in [1.165, 1.54) is 0 Å². The number of nitrogens with zero attached hydrogens (tertiary/aromatic N) is 2. The summed E-state index contributed by atoms with van der Waals surface area (Å²) in [6.45, 7) is 5.31. The molecule has 9 heteroatoms. The molecule has 0 fully saturated rings. The summed E-state index contributed by atoms with van der Waals surface area (Å²) >= 11 is 0. The number of amides is 2. The predicted molar refractivity (Wildman–Crippen MR) is 121 cm³/mol. The van der Waals surface area contributed by atoms with Gasteiger partial charge in [-0.15, -0.1) is 0 Å². The Labute approximate surface area is 185 Å². The molecule has 2 heterocycles. The van der Waals surface area contributed by atoms with Crippen molar-refractivity contribution < 1.29 is 24.2 Å². The molecule has 9 nitrogen and oxygen atoms in total. The number of carbonyl (C=O) groups excluding carboxylic acids is 2. The Morgan fingerprint density at radius 3 is 2.03 bits per heavy atom. The van der Waals surface area contributed by atoms with Crippen molar-refractivity contribution in [1.82, 2.24) is 9.13 Å². The Morgan fingerprint density at radius 2 is 1.47 bits per heavy atom. The number of rotatable bonds is 5. The molecule has 0 unspecified atom stereocenters. The van der Waals surface area contributed by atoms with Crippen LogP contribution in [-0.2, 0) is 18.8 Å². The topological polar surface area (TPSA) is 115 Å². The van der Waals surface area contributed by atoms with Gasteiger partial charge >= 0.3 is 12.1 Å². The second-order valence-corrected chi connectivity index (χ2v) is 8.41. The van der Waals surface area contributed by atoms with E-state index in [0.29, 0.717) is 17.1 Å². The van der Waals surface area contributed by atoms with Gasteiger partial charge in [0.15, 0.2) is 0 Å². The number of nitrogens with one attached hydrogen (secondary N) is 2. The highest BCUT2D eigenvalue weighted by molar-refractivity contribution is 6.04. The van der Waals surface area contributed by atoms with Gasteiger partial charge in [-0.2, -0.15) is 0 Å². The lowest BCUT2D eigenvalue weighted by Crippen LogP contribution is -2.27. The van der Waals surface area contributed by atoms with Gasteiger partial charge in [-0.1, -0.05) is 12.1 Å². The van der Waals surface area contributed by atoms with Crippen LogP contribution in [0.15, 0.2) is 48.8 Å². The van der Waals surface area contributed by atoms with Crippen molar-refractivity contribution in [2.24, 2.45) is 14.1 Å². The van der Waals surface area contributed by atoms with Crippen LogP contribution in [0.3, 0.4) is 0 Å². The number of hydrogen-bond donors (Lipinski definition) is 3. The van der Waals surface area contributed by atoms with Crippen molar-refractivity contribution in [1.29, 1.82) is 0 Å². The summed E-state index contributed by atoms with van der Waals surface area (Å²) in [5.74, 6) is -1.34. The van der Waals surface area contributed by atoms with Crippen molar-refractivity contribution in [3.05, 3.63) is 60.2 Å². The molecule has 2 aromatic heterocycles. The van der Waals surface area contributed by atoms with E-state index in [2.05, 4.69) is 10.6 Å². The first kappa shape index (κ1) is 22.7. The monoisotopic (exact) mass is 438 g/mol. The van der Waals surface area contributed by atoms with Crippen LogP contribution in [0.5, 0.6) is 0 Å². The van der Waals surface area contributed by atoms with Crippen LogP contribution in [0.25, 0.3) is 11.1 Å². The average Bonchev–Trinajstić information content (AvgIpc) is 3.23. The van der Waals surface area contributed by atoms with Gasteiger partial charge in [-0.25, -0.2) is 9.59 Å². The zero-order chi connectivity index (χ0) is 23.6. The van der Waals surface area contributed by atoms with Gasteiger partial charge in [0.1, 0.15) is 17.0 Å². The highest BCUT2D eigenvalue weighted by atomic mass is 16.6. The van der Waals surface area contributed by atoms with E-state index >= 15 is 0 Å². The van der Waals surface area contributed by atoms with E-state index in [4.69, 9.17) is 4.74 Å². The van der Waals surface area contributed by atoms with Gasteiger partial charge in [0, 0.05) is 37.7 Å². The van der Waals surface area contributed by atoms with Gasteiger partial charge in [0.2, 0.25) is 0 Å². The summed E-state index contributed by atoms with van der Waals surface area (Å²) in [4.78, 5) is 35.9. The molecule has 168 valence electrons. The van der Waals surface area contributed by atoms with Crippen LogP contribution in [-0.4, -0.2) is 37.8 Å². The second kappa shape index (κ2) is 8.62. The number of aryl methyl sites for hydroxylation is 2. The summed E-state index contributed by atoms with van der Waals surface area (Å²) in [5.41, 5.74) is 2.54. The quantitative estimate of drug-likeness (QED) is 0.549. The predicted octanol–water partition coefficient (Wildman–Crippen LogP) is 4.33. The number of anilines is 2. The zero-order valence-corrected chi connectivity index (χ0v) is 18.6. The van der Waals surface area contributed by atoms with Gasteiger partial charge in [-0.05, 0) is 50.6 Å². The van der Waals surface area contributed by atoms with Crippen LogP contribution in [0.4, 0.5) is 16.2 Å². The Bertz CT molecular complexity index is 1170. The van der Waals surface area contributed by atoms with Gasteiger partial charge in [-0.3, -0.25) is 10.1 Å². The first-order valence-electron chi connectivity index (χ1n) is 9.91. The summed E-state index contributed by atoms with van der Waals surface area (Å²) < 4.78 is 8.37. The zero-order valence-electron chi connectivity index (χ0n) is 18.6. The second-order valence-electron chi connectivity index (χ2n) is 8.41. The molecule has 2 amide bonds. The number of aromatic nitrogens is 2. The molecule has 3 rings (SSSR count). The Balaban J connectivity index is 1.68. The van der Waals surface area contributed by atoms with E-state index in [1.807, 2.05) is 0 Å². The molecule has 0 aliphatic rings. The van der Waals surface area contributed by atoms with Gasteiger partial charge < -0.3 is 24.3 Å². The number of carboxylic acids is 1. The first-order valence-corrected chi connectivity index (χ1v) is 9.91. The minimum atomic E-state index is -0.995. The number of carbonyl (C=O) groups is 3. The van der Waals surface area contributed by atoms with Crippen LogP contribution in [0.2, 0.25) is 0 Å². The van der Waals surface area contributed by atoms with E-state index < -0.39 is 17.7 Å². The maximum absolute atomic E-state index is 12.7. The van der Waals surface area contributed by atoms with Crippen molar-refractivity contribution in [3.8, 4) is 11.1 Å². The molecule has 0 spiro atoms. The third kappa shape index (κ3) is 5.37. The third-order valence-corrected chi connectivity index (χ3v) is 4.58. The molecule has 3 N–H and O–H groups in total. The molecule has 0 aliphatic carbocycles. The summed E-state index contributed by atoms with van der Waals surface area (Å²) in [6.07, 6.45) is 2.76. The normalized spacial score (nSPS) is 11.2. The van der Waals surface area contributed by atoms with Gasteiger partial charge in [0.05, 0.1) is 5.69 Å². The maximum Gasteiger partial charge on any atom is 0.412 e. The third-order valence-electron chi connectivity index (χ3n) is 4.58. The Hall–Kier alpha value is -4.01. The number of benzene rings is 1. The lowest BCUT2D eigenvalue weighted by Gasteiger charge is -2.19.